The van der Waals surface area contributed by atoms with Crippen molar-refractivity contribution >= 4 is 22.9 Å². The molecule has 4 nitrogen and oxygen atoms in total. The molecule has 2 aliphatic rings. The Morgan fingerprint density at radius 1 is 0.933 bits per heavy atom. The van der Waals surface area contributed by atoms with Gasteiger partial charge in [-0.3, -0.25) is 4.79 Å². The predicted molar refractivity (Wildman–Crippen MR) is 122 cm³/mol. The second-order valence-electron chi connectivity index (χ2n) is 10.5. The van der Waals surface area contributed by atoms with E-state index < -0.39 is 5.41 Å². The fraction of sp³-hybridized carbons (Fsp3) is 0.423. The van der Waals surface area contributed by atoms with Gasteiger partial charge in [-0.15, -0.1) is 5.06 Å². The van der Waals surface area contributed by atoms with Crippen LogP contribution in [-0.4, -0.2) is 24.1 Å². The topological polar surface area (TPSA) is 32.8 Å². The van der Waals surface area contributed by atoms with Crippen molar-refractivity contribution in [3.63, 3.8) is 0 Å². The zero-order valence-corrected chi connectivity index (χ0v) is 19.1. The summed E-state index contributed by atoms with van der Waals surface area (Å²) in [5.74, 6) is 1.02. The summed E-state index contributed by atoms with van der Waals surface area (Å²) < 4.78 is 0. The van der Waals surface area contributed by atoms with Crippen LogP contribution in [0.5, 0.6) is 0 Å². The highest BCUT2D eigenvalue weighted by Crippen LogP contribution is 2.49. The van der Waals surface area contributed by atoms with Crippen LogP contribution in [-0.2, 0) is 16.2 Å². The van der Waals surface area contributed by atoms with Crippen LogP contribution in [0.4, 0.5) is 5.69 Å². The Hall–Kier alpha value is -2.59. The molecule has 0 aromatic heterocycles. The molecule has 1 atom stereocenters. The number of likely N-dealkylation sites (N-methyl/N-ethyl adjacent to an activating group) is 1. The molecular formula is C26H32N2O2. The summed E-state index contributed by atoms with van der Waals surface area (Å²) in [6, 6.07) is 16.6. The van der Waals surface area contributed by atoms with Gasteiger partial charge in [-0.25, -0.2) is 0 Å². The molecule has 30 heavy (non-hydrogen) atoms. The van der Waals surface area contributed by atoms with Crippen molar-refractivity contribution in [3.8, 4) is 0 Å². The van der Waals surface area contributed by atoms with Crippen LogP contribution >= 0.6 is 0 Å². The Balaban J connectivity index is 2.05. The molecule has 0 N–H and O–H groups in total. The van der Waals surface area contributed by atoms with Crippen LogP contribution in [0, 0.1) is 10.8 Å². The SMILES string of the molecule is CN1OC2=C(c3ccccc3N(C(=O)C(C)(C)C)Cc3ccccc32)C1C(C)(C)C. The minimum atomic E-state index is -0.481. The largest absolute Gasteiger partial charge is 0.405 e. The third-order valence-corrected chi connectivity index (χ3v) is 5.90. The molecule has 2 aliphatic heterocycles. The van der Waals surface area contributed by atoms with Crippen LogP contribution in [0.25, 0.3) is 11.3 Å². The number of carbonyl (C=O) groups excluding carboxylic acids is 1. The normalized spacial score (nSPS) is 19.4. The van der Waals surface area contributed by atoms with E-state index in [0.29, 0.717) is 6.54 Å². The number of nitrogens with zero attached hydrogens (tertiary/aromatic N) is 2. The zero-order chi connectivity index (χ0) is 21.8. The molecule has 0 fully saturated rings. The number of carbonyl (C=O) groups is 1. The molecule has 158 valence electrons. The van der Waals surface area contributed by atoms with Gasteiger partial charge in [-0.2, -0.15) is 0 Å². The molecule has 2 aromatic carbocycles. The lowest BCUT2D eigenvalue weighted by Gasteiger charge is -2.36. The number of hydrogen-bond acceptors (Lipinski definition) is 3. The number of fused-ring (bicyclic) bond motifs is 4. The van der Waals surface area contributed by atoms with E-state index in [2.05, 4.69) is 51.1 Å². The maximum Gasteiger partial charge on any atom is 0.232 e. The van der Waals surface area contributed by atoms with Gasteiger partial charge in [-0.1, -0.05) is 84.0 Å². The zero-order valence-electron chi connectivity index (χ0n) is 19.1. The monoisotopic (exact) mass is 404 g/mol. The highest BCUT2D eigenvalue weighted by molar-refractivity contribution is 6.04. The fourth-order valence-electron chi connectivity index (χ4n) is 4.65. The highest BCUT2D eigenvalue weighted by Gasteiger charge is 2.44. The van der Waals surface area contributed by atoms with E-state index in [4.69, 9.17) is 4.84 Å². The Bertz CT molecular complexity index is 1020. The lowest BCUT2D eigenvalue weighted by molar-refractivity contribution is -0.125. The molecule has 0 saturated carbocycles. The van der Waals surface area contributed by atoms with Crippen molar-refractivity contribution in [2.45, 2.75) is 54.1 Å². The van der Waals surface area contributed by atoms with E-state index in [-0.39, 0.29) is 17.4 Å². The summed E-state index contributed by atoms with van der Waals surface area (Å²) in [6.45, 7) is 13.2. The molecule has 2 heterocycles. The summed E-state index contributed by atoms with van der Waals surface area (Å²) in [7, 11) is 2.00. The molecule has 0 aliphatic carbocycles. The number of hydroxylamine groups is 2. The maximum atomic E-state index is 13.6. The summed E-state index contributed by atoms with van der Waals surface area (Å²) >= 11 is 0. The van der Waals surface area contributed by atoms with Gasteiger partial charge in [0, 0.05) is 29.2 Å². The van der Waals surface area contributed by atoms with Gasteiger partial charge >= 0.3 is 0 Å². The van der Waals surface area contributed by atoms with Gasteiger partial charge in [-0.05, 0) is 17.0 Å². The van der Waals surface area contributed by atoms with Gasteiger partial charge in [0.25, 0.3) is 0 Å². The standard InChI is InChI=1S/C26H32N2O2/c1-25(2,3)23-21-19-14-10-11-15-20(19)28(24(29)26(4,5)6)16-17-12-8-9-13-18(17)22(21)30-27(23)7/h8-15,23H,16H2,1-7H3. The van der Waals surface area contributed by atoms with E-state index in [1.807, 2.05) is 56.0 Å². The van der Waals surface area contributed by atoms with Gasteiger partial charge < -0.3 is 9.74 Å². The van der Waals surface area contributed by atoms with Crippen molar-refractivity contribution in [2.75, 3.05) is 11.9 Å². The molecule has 1 unspecified atom stereocenters. The highest BCUT2D eigenvalue weighted by atomic mass is 16.7. The van der Waals surface area contributed by atoms with Gasteiger partial charge in [0.05, 0.1) is 18.3 Å². The second-order valence-corrected chi connectivity index (χ2v) is 10.5. The third-order valence-electron chi connectivity index (χ3n) is 5.90. The Morgan fingerprint density at radius 3 is 2.17 bits per heavy atom. The Labute approximate surface area is 180 Å². The average Bonchev–Trinajstić information content (AvgIpc) is 3.01. The maximum absolute atomic E-state index is 13.6. The summed E-state index contributed by atoms with van der Waals surface area (Å²) in [4.78, 5) is 21.9. The van der Waals surface area contributed by atoms with Crippen LogP contribution in [0.1, 0.15) is 58.2 Å². The van der Waals surface area contributed by atoms with Crippen LogP contribution in [0.3, 0.4) is 0 Å². The number of hydrogen-bond donors (Lipinski definition) is 0. The van der Waals surface area contributed by atoms with Crippen molar-refractivity contribution < 1.29 is 9.63 Å². The van der Waals surface area contributed by atoms with Crippen molar-refractivity contribution in [3.05, 3.63) is 65.2 Å². The number of para-hydroxylation sites is 1. The van der Waals surface area contributed by atoms with E-state index in [0.717, 1.165) is 33.7 Å². The van der Waals surface area contributed by atoms with Crippen molar-refractivity contribution in [2.24, 2.45) is 10.8 Å². The molecule has 0 spiro atoms. The first kappa shape index (κ1) is 20.7. The van der Waals surface area contributed by atoms with E-state index in [1.165, 1.54) is 0 Å². The lowest BCUT2D eigenvalue weighted by Crippen LogP contribution is -2.41. The van der Waals surface area contributed by atoms with Crippen LogP contribution < -0.4 is 4.90 Å². The minimum absolute atomic E-state index is 0.0497. The number of benzene rings is 2. The molecule has 2 aromatic rings. The fourth-order valence-corrected chi connectivity index (χ4v) is 4.65. The first-order valence-electron chi connectivity index (χ1n) is 10.6. The van der Waals surface area contributed by atoms with E-state index >= 15 is 0 Å². The molecule has 1 amide bonds. The molecular weight excluding hydrogens is 372 g/mol. The molecule has 0 bridgehead atoms. The number of rotatable bonds is 0. The van der Waals surface area contributed by atoms with E-state index in [9.17, 15) is 4.79 Å². The first-order valence-corrected chi connectivity index (χ1v) is 10.6. The van der Waals surface area contributed by atoms with Gasteiger partial charge in [0.1, 0.15) is 0 Å². The first-order chi connectivity index (χ1) is 14.0. The smallest absolute Gasteiger partial charge is 0.232 e. The Kier molecular flexibility index (Phi) is 4.81. The van der Waals surface area contributed by atoms with Gasteiger partial charge in [0.15, 0.2) is 5.76 Å². The quantitative estimate of drug-likeness (QED) is 0.561. The molecule has 4 rings (SSSR count). The van der Waals surface area contributed by atoms with Crippen molar-refractivity contribution in [1.82, 2.24) is 5.06 Å². The lowest BCUT2D eigenvalue weighted by atomic mass is 9.77. The molecule has 4 heteroatoms. The van der Waals surface area contributed by atoms with E-state index in [1.54, 1.807) is 0 Å². The molecule has 0 radical (unpaired) electrons. The summed E-state index contributed by atoms with van der Waals surface area (Å²) in [5.41, 5.74) is 4.81. The third kappa shape index (κ3) is 3.33. The summed E-state index contributed by atoms with van der Waals surface area (Å²) in [5, 5.41) is 1.97. The van der Waals surface area contributed by atoms with Gasteiger partial charge in [0.2, 0.25) is 5.91 Å². The average molecular weight is 405 g/mol. The molecule has 0 saturated heterocycles. The predicted octanol–water partition coefficient (Wildman–Crippen LogP) is 5.74. The number of anilines is 1. The number of amides is 1. The van der Waals surface area contributed by atoms with Crippen LogP contribution in [0.15, 0.2) is 48.5 Å². The van der Waals surface area contributed by atoms with Crippen molar-refractivity contribution in [1.29, 1.82) is 0 Å². The second kappa shape index (κ2) is 6.98. The minimum Gasteiger partial charge on any atom is -0.405 e. The summed E-state index contributed by atoms with van der Waals surface area (Å²) in [6.07, 6.45) is 0. The Morgan fingerprint density at radius 2 is 1.53 bits per heavy atom. The van der Waals surface area contributed by atoms with Crippen LogP contribution in [0.2, 0.25) is 0 Å².